The lowest BCUT2D eigenvalue weighted by molar-refractivity contribution is 0.664. The molecule has 0 saturated carbocycles. The van der Waals surface area contributed by atoms with Crippen LogP contribution < -0.4 is 0 Å². The van der Waals surface area contributed by atoms with E-state index >= 15 is 0 Å². The number of benzene rings is 7. The first-order valence-corrected chi connectivity index (χ1v) is 16.8. The second-order valence-electron chi connectivity index (χ2n) is 12.8. The first kappa shape index (κ1) is 27.9. The van der Waals surface area contributed by atoms with E-state index in [1.165, 1.54) is 0 Å². The molecular formula is C45H25N3O3. The fraction of sp³-hybridized carbons (Fsp3) is 0. The summed E-state index contributed by atoms with van der Waals surface area (Å²) in [7, 11) is 0. The van der Waals surface area contributed by atoms with Crippen LogP contribution in [-0.4, -0.2) is 15.0 Å². The molecule has 0 aliphatic rings. The maximum absolute atomic E-state index is 6.42. The normalized spacial score (nSPS) is 11.9. The molecule has 0 aliphatic heterocycles. The molecule has 0 atom stereocenters. The molecule has 0 unspecified atom stereocenters. The van der Waals surface area contributed by atoms with Gasteiger partial charge in [-0.15, -0.1) is 0 Å². The third kappa shape index (κ3) is 4.47. The molecule has 4 aromatic heterocycles. The van der Waals surface area contributed by atoms with Gasteiger partial charge in [-0.2, -0.15) is 0 Å². The molecule has 6 nitrogen and oxygen atoms in total. The van der Waals surface area contributed by atoms with Crippen molar-refractivity contribution in [2.24, 2.45) is 0 Å². The number of hydrogen-bond acceptors (Lipinski definition) is 6. The summed E-state index contributed by atoms with van der Waals surface area (Å²) in [4.78, 5) is 14.6. The molecule has 11 rings (SSSR count). The van der Waals surface area contributed by atoms with Crippen LogP contribution in [0.1, 0.15) is 0 Å². The minimum absolute atomic E-state index is 0.589. The van der Waals surface area contributed by atoms with Crippen LogP contribution in [0.3, 0.4) is 0 Å². The summed E-state index contributed by atoms with van der Waals surface area (Å²) in [5, 5.41) is 6.30. The zero-order valence-corrected chi connectivity index (χ0v) is 27.0. The predicted octanol–water partition coefficient (Wildman–Crippen LogP) is 12.2. The summed E-state index contributed by atoms with van der Waals surface area (Å²) in [6.07, 6.45) is 0. The second kappa shape index (κ2) is 10.7. The van der Waals surface area contributed by atoms with Gasteiger partial charge in [0.15, 0.2) is 17.5 Å². The van der Waals surface area contributed by atoms with Gasteiger partial charge < -0.3 is 13.3 Å². The van der Waals surface area contributed by atoms with E-state index in [0.717, 1.165) is 93.6 Å². The molecule has 7 aromatic carbocycles. The van der Waals surface area contributed by atoms with Crippen molar-refractivity contribution in [2.75, 3.05) is 0 Å². The van der Waals surface area contributed by atoms with Crippen molar-refractivity contribution < 1.29 is 13.3 Å². The van der Waals surface area contributed by atoms with Crippen molar-refractivity contribution in [2.45, 2.75) is 0 Å². The molecule has 51 heavy (non-hydrogen) atoms. The predicted molar refractivity (Wildman–Crippen MR) is 203 cm³/mol. The summed E-state index contributed by atoms with van der Waals surface area (Å²) in [6.45, 7) is 0. The molecule has 0 spiro atoms. The highest BCUT2D eigenvalue weighted by Crippen LogP contribution is 2.39. The number of nitrogens with zero attached hydrogens (tertiary/aromatic N) is 3. The van der Waals surface area contributed by atoms with E-state index in [4.69, 9.17) is 28.2 Å². The van der Waals surface area contributed by atoms with Crippen LogP contribution >= 0.6 is 0 Å². The molecule has 6 heteroatoms. The van der Waals surface area contributed by atoms with Crippen molar-refractivity contribution >= 4 is 65.8 Å². The van der Waals surface area contributed by atoms with Crippen LogP contribution in [0.15, 0.2) is 165 Å². The molecule has 0 fully saturated rings. The Hall–Kier alpha value is -7.05. The maximum Gasteiger partial charge on any atom is 0.164 e. The maximum atomic E-state index is 6.42. The summed E-state index contributed by atoms with van der Waals surface area (Å²) in [5.74, 6) is 1.84. The molecule has 0 N–H and O–H groups in total. The van der Waals surface area contributed by atoms with Crippen molar-refractivity contribution in [1.82, 2.24) is 15.0 Å². The third-order valence-corrected chi connectivity index (χ3v) is 9.73. The number of rotatable bonds is 4. The Morgan fingerprint density at radius 3 is 1.27 bits per heavy atom. The Labute approximate surface area is 290 Å². The lowest BCUT2D eigenvalue weighted by Gasteiger charge is -2.08. The summed E-state index contributed by atoms with van der Waals surface area (Å²) < 4.78 is 18.9. The van der Waals surface area contributed by atoms with E-state index in [0.29, 0.717) is 17.5 Å². The molecule has 0 amide bonds. The van der Waals surface area contributed by atoms with Crippen LogP contribution in [0.2, 0.25) is 0 Å². The van der Waals surface area contributed by atoms with E-state index in [1.807, 2.05) is 91.0 Å². The Bertz CT molecular complexity index is 3080. The van der Waals surface area contributed by atoms with Gasteiger partial charge in [-0.1, -0.05) is 97.1 Å². The van der Waals surface area contributed by atoms with E-state index in [-0.39, 0.29) is 0 Å². The minimum Gasteiger partial charge on any atom is -0.456 e. The van der Waals surface area contributed by atoms with Gasteiger partial charge in [-0.05, 0) is 65.7 Å². The van der Waals surface area contributed by atoms with E-state index in [1.54, 1.807) is 0 Å². The lowest BCUT2D eigenvalue weighted by Crippen LogP contribution is -2.00. The third-order valence-electron chi connectivity index (χ3n) is 9.73. The van der Waals surface area contributed by atoms with Gasteiger partial charge in [0.1, 0.15) is 33.5 Å². The number of para-hydroxylation sites is 1. The molecule has 0 bridgehead atoms. The van der Waals surface area contributed by atoms with Gasteiger partial charge in [0.2, 0.25) is 0 Å². The van der Waals surface area contributed by atoms with Crippen molar-refractivity contribution in [3.05, 3.63) is 152 Å². The van der Waals surface area contributed by atoms with Gasteiger partial charge in [0.25, 0.3) is 0 Å². The Morgan fingerprint density at radius 2 is 0.667 bits per heavy atom. The van der Waals surface area contributed by atoms with E-state index in [2.05, 4.69) is 60.7 Å². The molecule has 0 radical (unpaired) electrons. The van der Waals surface area contributed by atoms with Crippen LogP contribution in [0.4, 0.5) is 0 Å². The molecule has 11 aromatic rings. The SMILES string of the molecule is c1ccc(-c2nc(-c3ccccc3)nc(-c3ccc4c(c3)oc3ccc(-c5ccc6oc7cc8c(cc7c6c5)oc5ccccc58)cc34)n2)cc1. The van der Waals surface area contributed by atoms with Crippen molar-refractivity contribution in [1.29, 1.82) is 0 Å². The van der Waals surface area contributed by atoms with Gasteiger partial charge in [-0.3, -0.25) is 0 Å². The summed E-state index contributed by atoms with van der Waals surface area (Å²) in [5.41, 5.74) is 9.91. The monoisotopic (exact) mass is 655 g/mol. The first-order chi connectivity index (χ1) is 25.2. The standard InChI is InChI=1S/C45H25N3O3/c1-3-9-26(10-4-1)43-46-44(27-11-5-2-6-12-27)48-45(47-43)30-15-18-32-33-21-28(16-19-38(33)50-40(32)23-30)29-17-20-39-34(22-29)36-25-41-35(24-42(36)51-39)31-13-7-8-14-37(31)49-41/h1-25H. The fourth-order valence-corrected chi connectivity index (χ4v) is 7.21. The molecule has 238 valence electrons. The number of fused-ring (bicyclic) bond motifs is 9. The Kier molecular flexibility index (Phi) is 5.86. The Morgan fingerprint density at radius 1 is 0.255 bits per heavy atom. The molecular weight excluding hydrogens is 631 g/mol. The highest BCUT2D eigenvalue weighted by Gasteiger charge is 2.17. The van der Waals surface area contributed by atoms with Gasteiger partial charge in [0.05, 0.1) is 0 Å². The minimum atomic E-state index is 0.589. The molecule has 0 saturated heterocycles. The van der Waals surface area contributed by atoms with Crippen LogP contribution in [0.5, 0.6) is 0 Å². The van der Waals surface area contributed by atoms with Gasteiger partial charge in [-0.25, -0.2) is 15.0 Å². The topological polar surface area (TPSA) is 78.1 Å². The average molecular weight is 656 g/mol. The second-order valence-corrected chi connectivity index (χ2v) is 12.8. The lowest BCUT2D eigenvalue weighted by atomic mass is 10.00. The van der Waals surface area contributed by atoms with E-state index in [9.17, 15) is 0 Å². The number of aromatic nitrogens is 3. The van der Waals surface area contributed by atoms with Crippen molar-refractivity contribution in [3.63, 3.8) is 0 Å². The molecule has 0 aliphatic carbocycles. The highest BCUT2D eigenvalue weighted by molar-refractivity contribution is 6.15. The zero-order valence-electron chi connectivity index (χ0n) is 27.0. The quantitative estimate of drug-likeness (QED) is 0.188. The largest absolute Gasteiger partial charge is 0.456 e. The number of hydrogen-bond donors (Lipinski definition) is 0. The summed E-state index contributed by atoms with van der Waals surface area (Å²) in [6, 6.07) is 51.2. The van der Waals surface area contributed by atoms with Gasteiger partial charge >= 0.3 is 0 Å². The highest BCUT2D eigenvalue weighted by atomic mass is 16.3. The van der Waals surface area contributed by atoms with Crippen LogP contribution in [-0.2, 0) is 0 Å². The van der Waals surface area contributed by atoms with Crippen molar-refractivity contribution in [3.8, 4) is 45.3 Å². The zero-order chi connectivity index (χ0) is 33.5. The van der Waals surface area contributed by atoms with Crippen LogP contribution in [0.25, 0.3) is 111 Å². The first-order valence-electron chi connectivity index (χ1n) is 16.8. The molecule has 4 heterocycles. The van der Waals surface area contributed by atoms with E-state index < -0.39 is 0 Å². The fourth-order valence-electron chi connectivity index (χ4n) is 7.21. The Balaban J connectivity index is 1.01. The van der Waals surface area contributed by atoms with Crippen LogP contribution in [0, 0.1) is 0 Å². The number of furan rings is 3. The van der Waals surface area contributed by atoms with Gasteiger partial charge in [0, 0.05) is 49.0 Å². The average Bonchev–Trinajstić information content (AvgIpc) is 3.87. The summed E-state index contributed by atoms with van der Waals surface area (Å²) >= 11 is 0. The smallest absolute Gasteiger partial charge is 0.164 e.